The van der Waals surface area contributed by atoms with E-state index in [1.54, 1.807) is 6.92 Å². The minimum Gasteiger partial charge on any atom is -0.474 e. The lowest BCUT2D eigenvalue weighted by Crippen LogP contribution is -2.46. The number of ether oxygens (including phenoxy) is 3. The van der Waals surface area contributed by atoms with Gasteiger partial charge in [-0.2, -0.15) is 23.1 Å². The van der Waals surface area contributed by atoms with Gasteiger partial charge < -0.3 is 30.6 Å². The van der Waals surface area contributed by atoms with E-state index in [2.05, 4.69) is 30.5 Å². The van der Waals surface area contributed by atoms with Crippen LogP contribution in [0.5, 0.6) is 11.9 Å². The summed E-state index contributed by atoms with van der Waals surface area (Å²) in [6.07, 6.45) is -3.85. The van der Waals surface area contributed by atoms with Gasteiger partial charge in [-0.15, -0.1) is 0 Å². The summed E-state index contributed by atoms with van der Waals surface area (Å²) in [5, 5.41) is 6.56. The Kier molecular flexibility index (Phi) is 9.52. The van der Waals surface area contributed by atoms with Crippen molar-refractivity contribution in [1.82, 2.24) is 25.2 Å². The number of alkyl halides is 4. The summed E-state index contributed by atoms with van der Waals surface area (Å²) in [6, 6.07) is 0.487. The first-order valence-corrected chi connectivity index (χ1v) is 16.0. The van der Waals surface area contributed by atoms with Gasteiger partial charge in [0.2, 0.25) is 5.88 Å². The van der Waals surface area contributed by atoms with Crippen molar-refractivity contribution in [2.45, 2.75) is 64.5 Å². The van der Waals surface area contributed by atoms with Gasteiger partial charge in [0.25, 0.3) is 0 Å². The van der Waals surface area contributed by atoms with Crippen LogP contribution in [0.25, 0.3) is 22.2 Å². The molecule has 3 aromatic rings. The number of aromatic nitrogens is 3. The van der Waals surface area contributed by atoms with Crippen LogP contribution in [0.3, 0.4) is 0 Å². The van der Waals surface area contributed by atoms with Gasteiger partial charge in [-0.1, -0.05) is 0 Å². The fraction of sp³-hybridized carbons (Fsp3) is 0.594. The Labute approximate surface area is 273 Å². The Morgan fingerprint density at radius 2 is 1.92 bits per heavy atom. The van der Waals surface area contributed by atoms with Crippen LogP contribution in [0.4, 0.5) is 37.8 Å². The van der Waals surface area contributed by atoms with Crippen LogP contribution in [0.2, 0.25) is 0 Å². The molecule has 0 amide bonds. The zero-order chi connectivity index (χ0) is 34.4. The highest BCUT2D eigenvalue weighted by Crippen LogP contribution is 2.48. The maximum absolute atomic E-state index is 16.7. The fourth-order valence-electron chi connectivity index (χ4n) is 6.29. The zero-order valence-electron chi connectivity index (χ0n) is 26.9. The van der Waals surface area contributed by atoms with Gasteiger partial charge in [0.05, 0.1) is 36.7 Å². The molecule has 2 aliphatic heterocycles. The quantitative estimate of drug-likeness (QED) is 0.225. The predicted molar refractivity (Wildman–Crippen MR) is 167 cm³/mol. The first-order valence-electron chi connectivity index (χ1n) is 16.0. The van der Waals surface area contributed by atoms with Crippen molar-refractivity contribution >= 4 is 22.4 Å². The Bertz CT molecular complexity index is 1670. The molecular formula is C32H39F6N7O3. The van der Waals surface area contributed by atoms with Gasteiger partial charge in [-0.25, -0.2) is 18.2 Å². The topological polar surface area (TPSA) is 120 Å². The third-order valence-electron chi connectivity index (χ3n) is 9.15. The van der Waals surface area contributed by atoms with E-state index in [9.17, 15) is 22.0 Å². The molecule has 0 radical (unpaired) electrons. The molecule has 1 saturated carbocycles. The minimum absolute atomic E-state index is 0.0247. The molecule has 1 saturated heterocycles. The van der Waals surface area contributed by atoms with E-state index < -0.39 is 64.8 Å². The fourth-order valence-corrected chi connectivity index (χ4v) is 6.29. The summed E-state index contributed by atoms with van der Waals surface area (Å²) < 4.78 is 105. The Morgan fingerprint density at radius 3 is 2.62 bits per heavy atom. The standard InChI is InChI=1S/C32H39F6N7O3/c1-16-12-41-28-22-27(43-30(44-28)47-15-31(5-6-31)14-45-8-9-46-19(11-33)13-45)25(35)26(42-29(22)48-17(2)4-7-40-16)20-10-21(39)24(34)18(3)23(20)32(36,37)38/h10,16-17,19,40H,4-9,11-15,39H2,1-3H3,(H,41,43,44)/t16?,17-,19-/m0/s1. The van der Waals surface area contributed by atoms with Crippen molar-refractivity contribution in [1.29, 1.82) is 0 Å². The molecule has 0 spiro atoms. The van der Waals surface area contributed by atoms with Gasteiger partial charge in [-0.3, -0.25) is 4.90 Å². The Morgan fingerprint density at radius 1 is 1.15 bits per heavy atom. The van der Waals surface area contributed by atoms with E-state index >= 15 is 4.39 Å². The lowest BCUT2D eigenvalue weighted by molar-refractivity contribution is -0.137. The first-order chi connectivity index (χ1) is 22.8. The van der Waals surface area contributed by atoms with Crippen molar-refractivity contribution in [3.05, 3.63) is 28.8 Å². The molecule has 1 aromatic carbocycles. The number of nitrogen functional groups attached to an aromatic ring is 1. The number of hydrogen-bond donors (Lipinski definition) is 3. The SMILES string of the molecule is Cc1c(F)c(N)cc(-c2nc3c4c(nc(OCC5(CN6CCO[C@@H](CF)C6)CC5)nc4c2F)NCC(C)NCC[C@H](C)O3)c1C(F)(F)F. The number of pyridine rings is 1. The van der Waals surface area contributed by atoms with Gasteiger partial charge in [0.15, 0.2) is 5.82 Å². The molecule has 6 rings (SSSR count). The number of benzene rings is 1. The van der Waals surface area contributed by atoms with Crippen LogP contribution in [-0.4, -0.2) is 90.7 Å². The van der Waals surface area contributed by atoms with Crippen molar-refractivity contribution in [2.24, 2.45) is 5.41 Å². The second-order valence-electron chi connectivity index (χ2n) is 13.1. The predicted octanol–water partition coefficient (Wildman–Crippen LogP) is 5.27. The van der Waals surface area contributed by atoms with Crippen LogP contribution in [0.1, 0.15) is 44.2 Å². The number of hydrogen-bond acceptors (Lipinski definition) is 10. The Hall–Kier alpha value is -3.63. The van der Waals surface area contributed by atoms with Gasteiger partial charge in [-0.05, 0) is 58.2 Å². The molecule has 262 valence electrons. The average Bonchev–Trinajstić information content (AvgIpc) is 3.81. The highest BCUT2D eigenvalue weighted by Gasteiger charge is 2.46. The molecule has 10 nitrogen and oxygen atoms in total. The van der Waals surface area contributed by atoms with E-state index in [1.165, 1.54) is 0 Å². The molecule has 0 bridgehead atoms. The molecule has 1 unspecified atom stereocenters. The molecule has 2 aromatic heterocycles. The molecular weight excluding hydrogens is 644 g/mol. The van der Waals surface area contributed by atoms with E-state index in [0.29, 0.717) is 45.8 Å². The molecule has 4 N–H and O–H groups in total. The van der Waals surface area contributed by atoms with Crippen molar-refractivity contribution < 1.29 is 40.6 Å². The third kappa shape index (κ3) is 7.06. The van der Waals surface area contributed by atoms with Gasteiger partial charge in [0.1, 0.15) is 34.9 Å². The maximum atomic E-state index is 16.7. The highest BCUT2D eigenvalue weighted by atomic mass is 19.4. The minimum atomic E-state index is -5.07. The zero-order valence-corrected chi connectivity index (χ0v) is 26.9. The van der Waals surface area contributed by atoms with Crippen LogP contribution in [-0.2, 0) is 10.9 Å². The highest BCUT2D eigenvalue weighted by molar-refractivity contribution is 5.96. The van der Waals surface area contributed by atoms with Crippen LogP contribution < -0.4 is 25.8 Å². The first kappa shape index (κ1) is 34.2. The summed E-state index contributed by atoms with van der Waals surface area (Å²) in [6.45, 7) is 7.33. The molecule has 16 heteroatoms. The van der Waals surface area contributed by atoms with E-state index in [1.807, 2.05) is 6.92 Å². The number of nitrogens with two attached hydrogens (primary N) is 1. The van der Waals surface area contributed by atoms with Gasteiger partial charge in [0, 0.05) is 43.2 Å². The molecule has 48 heavy (non-hydrogen) atoms. The number of rotatable bonds is 7. The van der Waals surface area contributed by atoms with Crippen molar-refractivity contribution in [2.75, 3.05) is 63.7 Å². The molecule has 3 atom stereocenters. The monoisotopic (exact) mass is 683 g/mol. The summed E-state index contributed by atoms with van der Waals surface area (Å²) in [5.74, 6) is -2.53. The number of nitrogens with one attached hydrogen (secondary N) is 2. The van der Waals surface area contributed by atoms with Crippen LogP contribution in [0.15, 0.2) is 6.07 Å². The summed E-state index contributed by atoms with van der Waals surface area (Å²) in [7, 11) is 0. The lowest BCUT2D eigenvalue weighted by Gasteiger charge is -2.34. The lowest BCUT2D eigenvalue weighted by atomic mass is 9.96. The summed E-state index contributed by atoms with van der Waals surface area (Å²) >= 11 is 0. The van der Waals surface area contributed by atoms with E-state index in [0.717, 1.165) is 25.8 Å². The normalized spacial score (nSPS) is 23.2. The van der Waals surface area contributed by atoms with Gasteiger partial charge >= 0.3 is 12.2 Å². The maximum Gasteiger partial charge on any atom is 0.417 e. The molecule has 3 aliphatic rings. The van der Waals surface area contributed by atoms with E-state index in [4.69, 9.17) is 19.9 Å². The smallest absolute Gasteiger partial charge is 0.417 e. The molecule has 2 fully saturated rings. The average molecular weight is 684 g/mol. The van der Waals surface area contributed by atoms with Crippen molar-refractivity contribution in [3.63, 3.8) is 0 Å². The van der Waals surface area contributed by atoms with E-state index in [-0.39, 0.29) is 46.7 Å². The Balaban J connectivity index is 1.45. The molecule has 1 aliphatic carbocycles. The largest absolute Gasteiger partial charge is 0.474 e. The second-order valence-corrected chi connectivity index (χ2v) is 13.1. The number of halogens is 6. The molecule has 4 heterocycles. The van der Waals surface area contributed by atoms with Crippen LogP contribution in [0, 0.1) is 24.0 Å². The number of nitrogens with zero attached hydrogens (tertiary/aromatic N) is 4. The third-order valence-corrected chi connectivity index (χ3v) is 9.15. The van der Waals surface area contributed by atoms with Crippen LogP contribution >= 0.6 is 0 Å². The van der Waals surface area contributed by atoms with Crippen molar-refractivity contribution in [3.8, 4) is 23.1 Å². The number of morpholine rings is 1. The summed E-state index contributed by atoms with van der Waals surface area (Å²) in [4.78, 5) is 15.3. The number of anilines is 2. The summed E-state index contributed by atoms with van der Waals surface area (Å²) in [5.41, 5.74) is 0.820. The second kappa shape index (κ2) is 13.3.